The first-order valence-electron chi connectivity index (χ1n) is 6.94. The molecule has 0 spiro atoms. The third-order valence-electron chi connectivity index (χ3n) is 3.55. The average molecular weight is 296 g/mol. The number of amides is 1. The molecule has 0 saturated carbocycles. The zero-order valence-corrected chi connectivity index (χ0v) is 12.8. The van der Waals surface area contributed by atoms with E-state index in [9.17, 15) is 4.79 Å². The molecule has 0 fully saturated rings. The van der Waals surface area contributed by atoms with Gasteiger partial charge in [0.1, 0.15) is 6.61 Å². The highest BCUT2D eigenvalue weighted by atomic mass is 16.5. The molecular weight excluding hydrogens is 272 g/mol. The largest absolute Gasteiger partial charge is 0.493 e. The monoisotopic (exact) mass is 296 g/mol. The number of carbonyl (C=O) groups excluding carboxylic acids is 1. The topological polar surface area (TPSA) is 93.8 Å². The zero-order valence-electron chi connectivity index (χ0n) is 12.8. The summed E-state index contributed by atoms with van der Waals surface area (Å²) in [6.45, 7) is 4.09. The number of hydrogen-bond acceptors (Lipinski definition) is 5. The summed E-state index contributed by atoms with van der Waals surface area (Å²) in [7, 11) is 1.53. The number of benzene rings is 1. The Morgan fingerprint density at radius 1 is 1.43 bits per heavy atom. The summed E-state index contributed by atoms with van der Waals surface area (Å²) >= 11 is 0. The van der Waals surface area contributed by atoms with Crippen molar-refractivity contribution in [3.05, 3.63) is 18.2 Å². The predicted octanol–water partition coefficient (Wildman–Crippen LogP) is 1.38. The van der Waals surface area contributed by atoms with Crippen LogP contribution >= 0.6 is 0 Å². The Balaban J connectivity index is 2.91. The summed E-state index contributed by atoms with van der Waals surface area (Å²) in [6, 6.07) is 5.10. The van der Waals surface area contributed by atoms with Crippen LogP contribution in [0.2, 0.25) is 0 Å². The molecule has 1 amide bonds. The lowest BCUT2D eigenvalue weighted by atomic mass is 9.86. The molecule has 118 valence electrons. The Hall–Kier alpha value is -1.79. The molecule has 0 aliphatic carbocycles. The summed E-state index contributed by atoms with van der Waals surface area (Å²) in [5, 5.41) is 11.7. The fourth-order valence-corrected chi connectivity index (χ4v) is 1.70. The van der Waals surface area contributed by atoms with Crippen molar-refractivity contribution in [2.45, 2.75) is 20.3 Å². The number of methoxy groups -OCH3 is 1. The van der Waals surface area contributed by atoms with Gasteiger partial charge < -0.3 is 25.6 Å². The zero-order chi connectivity index (χ0) is 15.9. The first kappa shape index (κ1) is 17.3. The van der Waals surface area contributed by atoms with Gasteiger partial charge in [-0.2, -0.15) is 0 Å². The van der Waals surface area contributed by atoms with Crippen LogP contribution in [0, 0.1) is 5.41 Å². The van der Waals surface area contributed by atoms with E-state index in [2.05, 4.69) is 5.32 Å². The Labute approximate surface area is 125 Å². The van der Waals surface area contributed by atoms with Crippen LogP contribution in [0.1, 0.15) is 20.3 Å². The first-order chi connectivity index (χ1) is 10.0. The molecule has 0 aromatic heterocycles. The van der Waals surface area contributed by atoms with Crippen molar-refractivity contribution in [3.8, 4) is 11.5 Å². The molecule has 1 unspecified atom stereocenters. The number of aliphatic hydroxyl groups excluding tert-OH is 1. The van der Waals surface area contributed by atoms with Crippen LogP contribution in [-0.4, -0.2) is 37.9 Å². The Bertz CT molecular complexity index is 473. The van der Waals surface area contributed by atoms with Crippen molar-refractivity contribution >= 4 is 11.6 Å². The molecule has 21 heavy (non-hydrogen) atoms. The van der Waals surface area contributed by atoms with Gasteiger partial charge in [0.15, 0.2) is 11.5 Å². The minimum atomic E-state index is -0.605. The minimum absolute atomic E-state index is 0.0964. The van der Waals surface area contributed by atoms with E-state index in [4.69, 9.17) is 20.3 Å². The molecule has 0 bridgehead atoms. The second kappa shape index (κ2) is 7.85. The highest BCUT2D eigenvalue weighted by molar-refractivity contribution is 5.95. The van der Waals surface area contributed by atoms with E-state index in [1.54, 1.807) is 18.2 Å². The molecule has 1 atom stereocenters. The number of nitrogens with two attached hydrogens (primary N) is 1. The Morgan fingerprint density at radius 2 is 2.14 bits per heavy atom. The summed E-state index contributed by atoms with van der Waals surface area (Å²) in [4.78, 5) is 12.3. The maximum absolute atomic E-state index is 12.3. The van der Waals surface area contributed by atoms with E-state index in [0.29, 0.717) is 23.6 Å². The molecule has 1 rings (SSSR count). The second-order valence-electron chi connectivity index (χ2n) is 5.01. The number of anilines is 1. The van der Waals surface area contributed by atoms with E-state index in [1.807, 2.05) is 13.8 Å². The van der Waals surface area contributed by atoms with Crippen molar-refractivity contribution in [1.29, 1.82) is 0 Å². The van der Waals surface area contributed by atoms with Gasteiger partial charge in [0, 0.05) is 18.3 Å². The fraction of sp³-hybridized carbons (Fsp3) is 0.533. The van der Waals surface area contributed by atoms with Crippen LogP contribution < -0.4 is 20.5 Å². The Kier molecular flexibility index (Phi) is 6.45. The molecule has 0 radical (unpaired) electrons. The molecule has 0 aliphatic rings. The van der Waals surface area contributed by atoms with E-state index in [0.717, 1.165) is 0 Å². The minimum Gasteiger partial charge on any atom is -0.493 e. The molecule has 0 aliphatic heterocycles. The normalized spacial score (nSPS) is 13.4. The number of aliphatic hydroxyl groups is 1. The maximum Gasteiger partial charge on any atom is 0.231 e. The van der Waals surface area contributed by atoms with Gasteiger partial charge in [-0.3, -0.25) is 4.79 Å². The van der Waals surface area contributed by atoms with Crippen LogP contribution in [0.5, 0.6) is 11.5 Å². The van der Waals surface area contributed by atoms with Crippen molar-refractivity contribution in [1.82, 2.24) is 0 Å². The lowest BCUT2D eigenvalue weighted by molar-refractivity contribution is -0.124. The molecule has 6 nitrogen and oxygen atoms in total. The van der Waals surface area contributed by atoms with E-state index in [-0.39, 0.29) is 25.7 Å². The van der Waals surface area contributed by atoms with Gasteiger partial charge in [-0.05, 0) is 25.5 Å². The summed E-state index contributed by atoms with van der Waals surface area (Å²) in [5.74, 6) is 0.875. The van der Waals surface area contributed by atoms with Gasteiger partial charge in [0.2, 0.25) is 5.91 Å². The van der Waals surface area contributed by atoms with Crippen LogP contribution in [0.3, 0.4) is 0 Å². The van der Waals surface area contributed by atoms with Gasteiger partial charge in [-0.1, -0.05) is 6.92 Å². The quantitative estimate of drug-likeness (QED) is 0.674. The summed E-state index contributed by atoms with van der Waals surface area (Å²) in [5.41, 5.74) is 5.67. The third-order valence-corrected chi connectivity index (χ3v) is 3.55. The van der Waals surface area contributed by atoms with Gasteiger partial charge in [-0.25, -0.2) is 0 Å². The molecule has 1 aromatic carbocycles. The molecule has 0 heterocycles. The molecule has 6 heteroatoms. The van der Waals surface area contributed by atoms with Crippen LogP contribution in [0.4, 0.5) is 5.69 Å². The van der Waals surface area contributed by atoms with Gasteiger partial charge >= 0.3 is 0 Å². The van der Waals surface area contributed by atoms with Crippen molar-refractivity contribution in [3.63, 3.8) is 0 Å². The molecular formula is C15H24N2O4. The van der Waals surface area contributed by atoms with Gasteiger partial charge in [-0.15, -0.1) is 0 Å². The molecule has 1 aromatic rings. The fourth-order valence-electron chi connectivity index (χ4n) is 1.70. The second-order valence-corrected chi connectivity index (χ2v) is 5.01. The van der Waals surface area contributed by atoms with Crippen molar-refractivity contribution in [2.75, 3.05) is 32.2 Å². The summed E-state index contributed by atoms with van der Waals surface area (Å²) < 4.78 is 10.6. The van der Waals surface area contributed by atoms with Gasteiger partial charge in [0.05, 0.1) is 19.1 Å². The number of rotatable bonds is 8. The van der Waals surface area contributed by atoms with Crippen molar-refractivity contribution in [2.24, 2.45) is 11.1 Å². The average Bonchev–Trinajstić information content (AvgIpc) is 2.52. The van der Waals surface area contributed by atoms with E-state index in [1.165, 1.54) is 7.11 Å². The smallest absolute Gasteiger partial charge is 0.231 e. The van der Waals surface area contributed by atoms with Crippen LogP contribution in [0.25, 0.3) is 0 Å². The van der Waals surface area contributed by atoms with Crippen LogP contribution in [0.15, 0.2) is 18.2 Å². The van der Waals surface area contributed by atoms with Gasteiger partial charge in [0.25, 0.3) is 0 Å². The Morgan fingerprint density at radius 3 is 2.67 bits per heavy atom. The highest BCUT2D eigenvalue weighted by Crippen LogP contribution is 2.31. The van der Waals surface area contributed by atoms with Crippen LogP contribution in [-0.2, 0) is 4.79 Å². The number of ether oxygens (including phenoxy) is 2. The van der Waals surface area contributed by atoms with Crippen molar-refractivity contribution < 1.29 is 19.4 Å². The lowest BCUT2D eigenvalue weighted by Crippen LogP contribution is -2.39. The number of hydrogen-bond donors (Lipinski definition) is 3. The third kappa shape index (κ3) is 4.34. The molecule has 4 N–H and O–H groups in total. The van der Waals surface area contributed by atoms with E-state index < -0.39 is 5.41 Å². The standard InChI is InChI=1S/C15H24N2O4/c1-4-15(2,10-16)14(19)17-11-5-6-12(20-3)13(9-11)21-8-7-18/h5-6,9,18H,4,7-8,10,16H2,1-3H3,(H,17,19). The first-order valence-corrected chi connectivity index (χ1v) is 6.94. The maximum atomic E-state index is 12.3. The lowest BCUT2D eigenvalue weighted by Gasteiger charge is -2.25. The molecule has 0 saturated heterocycles. The number of nitrogens with one attached hydrogen (secondary N) is 1. The SMILES string of the molecule is CCC(C)(CN)C(=O)Nc1ccc(OC)c(OCCO)c1. The predicted molar refractivity (Wildman–Crippen MR) is 81.7 cm³/mol. The number of carbonyl (C=O) groups is 1. The highest BCUT2D eigenvalue weighted by Gasteiger charge is 2.29. The van der Waals surface area contributed by atoms with E-state index >= 15 is 0 Å². The summed E-state index contributed by atoms with van der Waals surface area (Å²) in [6.07, 6.45) is 0.652.